The second-order valence-corrected chi connectivity index (χ2v) is 4.32. The minimum atomic E-state index is -0.435. The summed E-state index contributed by atoms with van der Waals surface area (Å²) in [5, 5.41) is 0.425. The lowest BCUT2D eigenvalue weighted by Crippen LogP contribution is -2.00. The van der Waals surface area contributed by atoms with Crippen LogP contribution in [0, 0.1) is 5.82 Å². The van der Waals surface area contributed by atoms with Crippen molar-refractivity contribution in [1.82, 2.24) is 0 Å². The fraction of sp³-hybridized carbons (Fsp3) is 0.143. The van der Waals surface area contributed by atoms with Crippen LogP contribution in [-0.2, 0) is 6.61 Å². The Balaban J connectivity index is 2.13. The lowest BCUT2D eigenvalue weighted by molar-refractivity contribution is 0.306. The van der Waals surface area contributed by atoms with E-state index >= 15 is 0 Å². The quantitative estimate of drug-likeness (QED) is 0.870. The molecule has 0 aliphatic rings. The van der Waals surface area contributed by atoms with Gasteiger partial charge >= 0.3 is 0 Å². The van der Waals surface area contributed by atoms with Crippen molar-refractivity contribution in [3.05, 3.63) is 52.8 Å². The second kappa shape index (κ2) is 5.80. The van der Waals surface area contributed by atoms with Crippen LogP contribution in [0.25, 0.3) is 0 Å². The summed E-state index contributed by atoms with van der Waals surface area (Å²) < 4.78 is 23.9. The van der Waals surface area contributed by atoms with Crippen molar-refractivity contribution >= 4 is 17.3 Å². The Labute approximate surface area is 115 Å². The van der Waals surface area contributed by atoms with Crippen molar-refractivity contribution in [2.45, 2.75) is 6.61 Å². The molecule has 3 nitrogen and oxygen atoms in total. The number of hydrogen-bond donors (Lipinski definition) is 1. The van der Waals surface area contributed by atoms with Gasteiger partial charge in [-0.25, -0.2) is 4.39 Å². The third kappa shape index (κ3) is 3.09. The third-order valence-corrected chi connectivity index (χ3v) is 2.89. The Morgan fingerprint density at radius 3 is 2.68 bits per heavy atom. The fourth-order valence-electron chi connectivity index (χ4n) is 1.63. The van der Waals surface area contributed by atoms with Crippen LogP contribution in [0.2, 0.25) is 5.02 Å². The Morgan fingerprint density at radius 1 is 1.26 bits per heavy atom. The van der Waals surface area contributed by atoms with Crippen molar-refractivity contribution in [1.29, 1.82) is 0 Å². The first-order valence-corrected chi connectivity index (χ1v) is 5.99. The Kier molecular flexibility index (Phi) is 4.12. The van der Waals surface area contributed by atoms with Crippen LogP contribution in [0.3, 0.4) is 0 Å². The van der Waals surface area contributed by atoms with E-state index in [1.54, 1.807) is 30.3 Å². The van der Waals surface area contributed by atoms with E-state index in [0.717, 1.165) is 0 Å². The van der Waals surface area contributed by atoms with Gasteiger partial charge in [0.25, 0.3) is 0 Å². The highest BCUT2D eigenvalue weighted by Crippen LogP contribution is 2.31. The molecule has 100 valence electrons. The van der Waals surface area contributed by atoms with Crippen LogP contribution >= 0.6 is 11.6 Å². The van der Waals surface area contributed by atoms with Gasteiger partial charge < -0.3 is 15.2 Å². The van der Waals surface area contributed by atoms with Crippen molar-refractivity contribution in [2.75, 3.05) is 12.8 Å². The van der Waals surface area contributed by atoms with E-state index in [-0.39, 0.29) is 12.4 Å². The highest BCUT2D eigenvalue weighted by atomic mass is 35.5. The molecule has 0 unspecified atom stereocenters. The Morgan fingerprint density at radius 2 is 2.05 bits per heavy atom. The number of halogens is 2. The summed E-state index contributed by atoms with van der Waals surface area (Å²) in [6.45, 7) is 0.175. The molecule has 0 amide bonds. The van der Waals surface area contributed by atoms with Gasteiger partial charge in [-0.3, -0.25) is 0 Å². The van der Waals surface area contributed by atoms with E-state index in [4.69, 9.17) is 26.8 Å². The molecule has 0 atom stereocenters. The Bertz CT molecular complexity index is 569. The maximum absolute atomic E-state index is 13.5. The molecule has 0 fully saturated rings. The number of benzene rings is 2. The summed E-state index contributed by atoms with van der Waals surface area (Å²) in [6.07, 6.45) is 0. The first kappa shape index (κ1) is 13.5. The molecule has 5 heteroatoms. The van der Waals surface area contributed by atoms with Crippen molar-refractivity contribution < 1.29 is 13.9 Å². The molecule has 0 saturated heterocycles. The topological polar surface area (TPSA) is 44.5 Å². The molecule has 19 heavy (non-hydrogen) atoms. The molecule has 0 spiro atoms. The zero-order chi connectivity index (χ0) is 13.8. The molecule has 0 aliphatic heterocycles. The number of rotatable bonds is 4. The summed E-state index contributed by atoms with van der Waals surface area (Å²) in [4.78, 5) is 0. The van der Waals surface area contributed by atoms with Gasteiger partial charge in [0.15, 0.2) is 17.3 Å². The summed E-state index contributed by atoms with van der Waals surface area (Å²) >= 11 is 5.98. The van der Waals surface area contributed by atoms with Crippen LogP contribution < -0.4 is 15.2 Å². The summed E-state index contributed by atoms with van der Waals surface area (Å²) in [5.74, 6) is 0.164. The van der Waals surface area contributed by atoms with Gasteiger partial charge in [-0.05, 0) is 29.8 Å². The van der Waals surface area contributed by atoms with Crippen LogP contribution in [0.15, 0.2) is 36.4 Å². The smallest absolute Gasteiger partial charge is 0.165 e. The van der Waals surface area contributed by atoms with Crippen LogP contribution in [0.5, 0.6) is 11.5 Å². The molecule has 0 aliphatic carbocycles. The molecule has 0 heterocycles. The predicted octanol–water partition coefficient (Wildman–Crippen LogP) is 3.65. The standard InChI is InChI=1S/C14H13ClFNO2/c1-18-13-6-5-9(7-11(13)16)8-19-14-10(15)3-2-4-12(14)17/h2-7H,8,17H2,1H3. The van der Waals surface area contributed by atoms with Gasteiger partial charge in [0.1, 0.15) is 6.61 Å². The zero-order valence-corrected chi connectivity index (χ0v) is 11.1. The average Bonchev–Trinajstić information content (AvgIpc) is 2.38. The largest absolute Gasteiger partial charge is 0.494 e. The monoisotopic (exact) mass is 281 g/mol. The third-order valence-electron chi connectivity index (χ3n) is 2.60. The average molecular weight is 282 g/mol. The van der Waals surface area contributed by atoms with Gasteiger partial charge in [0.05, 0.1) is 17.8 Å². The van der Waals surface area contributed by atoms with Gasteiger partial charge in [-0.15, -0.1) is 0 Å². The van der Waals surface area contributed by atoms with Crippen LogP contribution in [0.4, 0.5) is 10.1 Å². The maximum Gasteiger partial charge on any atom is 0.165 e. The minimum absolute atomic E-state index is 0.175. The fourth-order valence-corrected chi connectivity index (χ4v) is 1.87. The highest BCUT2D eigenvalue weighted by molar-refractivity contribution is 6.32. The van der Waals surface area contributed by atoms with Crippen LogP contribution in [0.1, 0.15) is 5.56 Å². The molecule has 2 N–H and O–H groups in total. The number of nitrogens with two attached hydrogens (primary N) is 1. The summed E-state index contributed by atoms with van der Waals surface area (Å²) in [6, 6.07) is 9.72. The number of methoxy groups -OCH3 is 1. The SMILES string of the molecule is COc1ccc(COc2c(N)cccc2Cl)cc1F. The molecular formula is C14H13ClFNO2. The number of anilines is 1. The van der Waals surface area contributed by atoms with E-state index < -0.39 is 5.82 Å². The lowest BCUT2D eigenvalue weighted by atomic mass is 10.2. The molecule has 2 aromatic rings. The molecule has 0 bridgehead atoms. The van der Waals surface area contributed by atoms with E-state index in [1.807, 2.05) is 0 Å². The van der Waals surface area contributed by atoms with Crippen molar-refractivity contribution in [2.24, 2.45) is 0 Å². The predicted molar refractivity (Wildman–Crippen MR) is 73.1 cm³/mol. The van der Waals surface area contributed by atoms with Crippen LogP contribution in [-0.4, -0.2) is 7.11 Å². The molecule has 0 aromatic heterocycles. The molecule has 0 saturated carbocycles. The maximum atomic E-state index is 13.5. The number of hydrogen-bond acceptors (Lipinski definition) is 3. The zero-order valence-electron chi connectivity index (χ0n) is 10.3. The normalized spacial score (nSPS) is 10.3. The summed E-state index contributed by atoms with van der Waals surface area (Å²) in [5.41, 5.74) is 6.87. The molecule has 2 aromatic carbocycles. The molecule has 0 radical (unpaired) electrons. The molecule has 2 rings (SSSR count). The van der Waals surface area contributed by atoms with E-state index in [2.05, 4.69) is 0 Å². The van der Waals surface area contributed by atoms with Crippen molar-refractivity contribution in [3.8, 4) is 11.5 Å². The number of para-hydroxylation sites is 1. The number of nitrogen functional groups attached to an aromatic ring is 1. The van der Waals surface area contributed by atoms with Gasteiger partial charge in [0.2, 0.25) is 0 Å². The molecular weight excluding hydrogens is 269 g/mol. The first-order chi connectivity index (χ1) is 9.11. The highest BCUT2D eigenvalue weighted by Gasteiger charge is 2.08. The van der Waals surface area contributed by atoms with Gasteiger partial charge in [-0.2, -0.15) is 0 Å². The van der Waals surface area contributed by atoms with Crippen molar-refractivity contribution in [3.63, 3.8) is 0 Å². The van der Waals surface area contributed by atoms with E-state index in [0.29, 0.717) is 22.0 Å². The van der Waals surface area contributed by atoms with Gasteiger partial charge in [-0.1, -0.05) is 23.7 Å². The first-order valence-electron chi connectivity index (χ1n) is 5.61. The second-order valence-electron chi connectivity index (χ2n) is 3.92. The van der Waals surface area contributed by atoms with E-state index in [1.165, 1.54) is 13.2 Å². The van der Waals surface area contributed by atoms with Gasteiger partial charge in [0, 0.05) is 0 Å². The number of ether oxygens (including phenoxy) is 2. The lowest BCUT2D eigenvalue weighted by Gasteiger charge is -2.11. The minimum Gasteiger partial charge on any atom is -0.494 e. The Hall–Kier alpha value is -1.94. The summed E-state index contributed by atoms with van der Waals surface area (Å²) in [7, 11) is 1.42. The van der Waals surface area contributed by atoms with E-state index in [9.17, 15) is 4.39 Å².